The number of hydrogen-bond acceptors (Lipinski definition) is 3. The molecule has 1 heterocycles. The molecule has 3 N–H and O–H groups in total. The van der Waals surface area contributed by atoms with Crippen LogP contribution in [0.25, 0.3) is 0 Å². The lowest BCUT2D eigenvalue weighted by molar-refractivity contribution is -0.121. The Morgan fingerprint density at radius 2 is 2.38 bits per heavy atom. The van der Waals surface area contributed by atoms with Crippen molar-refractivity contribution in [2.24, 2.45) is 17.6 Å². The van der Waals surface area contributed by atoms with E-state index in [1.807, 2.05) is 6.92 Å². The van der Waals surface area contributed by atoms with Gasteiger partial charge in [0.2, 0.25) is 5.91 Å². The molecule has 1 saturated heterocycles. The molecule has 0 spiro atoms. The van der Waals surface area contributed by atoms with Crippen molar-refractivity contribution < 1.29 is 4.79 Å². The van der Waals surface area contributed by atoms with Crippen molar-refractivity contribution in [2.45, 2.75) is 26.7 Å². The van der Waals surface area contributed by atoms with Gasteiger partial charge in [-0.3, -0.25) is 4.79 Å². The summed E-state index contributed by atoms with van der Waals surface area (Å²) in [4.78, 5) is 13.4. The third kappa shape index (κ3) is 4.49. The Hall–Kier alpha value is -0.610. The zero-order valence-electron chi connectivity index (χ0n) is 10.5. The van der Waals surface area contributed by atoms with Crippen molar-refractivity contribution in [2.75, 3.05) is 32.7 Å². The van der Waals surface area contributed by atoms with Gasteiger partial charge in [-0.2, -0.15) is 0 Å². The van der Waals surface area contributed by atoms with Gasteiger partial charge in [-0.05, 0) is 38.4 Å². The number of hydrogen-bond donors (Lipinski definition) is 2. The molecule has 1 amide bonds. The first-order chi connectivity index (χ1) is 7.63. The van der Waals surface area contributed by atoms with Gasteiger partial charge in [-0.15, -0.1) is 0 Å². The van der Waals surface area contributed by atoms with E-state index in [0.29, 0.717) is 0 Å². The van der Waals surface area contributed by atoms with Gasteiger partial charge in [-0.25, -0.2) is 0 Å². The Morgan fingerprint density at radius 3 is 2.88 bits per heavy atom. The zero-order valence-corrected chi connectivity index (χ0v) is 10.5. The van der Waals surface area contributed by atoms with Gasteiger partial charge in [0.15, 0.2) is 0 Å². The summed E-state index contributed by atoms with van der Waals surface area (Å²) < 4.78 is 0. The first-order valence-corrected chi connectivity index (χ1v) is 6.35. The minimum absolute atomic E-state index is 0.0449. The second kappa shape index (κ2) is 6.86. The number of primary amides is 1. The minimum atomic E-state index is -0.194. The predicted molar refractivity (Wildman–Crippen MR) is 66.1 cm³/mol. The standard InChI is InChI=1S/C12H25N3O/c1-3-15(8-10(2)12(13)16)9-11-5-4-6-14-7-11/h10-11,14H,3-9H2,1-2H3,(H2,13,16). The van der Waals surface area contributed by atoms with Crippen LogP contribution in [0.1, 0.15) is 26.7 Å². The molecular formula is C12H25N3O. The van der Waals surface area contributed by atoms with Gasteiger partial charge in [-0.1, -0.05) is 13.8 Å². The molecule has 1 fully saturated rings. The van der Waals surface area contributed by atoms with Crippen molar-refractivity contribution in [3.8, 4) is 0 Å². The minimum Gasteiger partial charge on any atom is -0.369 e. The second-order valence-electron chi connectivity index (χ2n) is 4.87. The van der Waals surface area contributed by atoms with E-state index in [1.54, 1.807) is 0 Å². The van der Waals surface area contributed by atoms with Crippen molar-refractivity contribution in [3.05, 3.63) is 0 Å². The van der Waals surface area contributed by atoms with Gasteiger partial charge in [0.1, 0.15) is 0 Å². The lowest BCUT2D eigenvalue weighted by Crippen LogP contribution is -2.41. The van der Waals surface area contributed by atoms with Crippen LogP contribution < -0.4 is 11.1 Å². The molecule has 1 aliphatic heterocycles. The molecule has 0 aromatic carbocycles. The molecule has 0 saturated carbocycles. The number of nitrogens with zero attached hydrogens (tertiary/aromatic N) is 1. The van der Waals surface area contributed by atoms with Crippen LogP contribution in [0.3, 0.4) is 0 Å². The molecule has 0 bridgehead atoms. The molecule has 0 aliphatic carbocycles. The van der Waals surface area contributed by atoms with Gasteiger partial charge in [0.05, 0.1) is 0 Å². The second-order valence-corrected chi connectivity index (χ2v) is 4.87. The Balaban J connectivity index is 2.32. The van der Waals surface area contributed by atoms with Crippen LogP contribution in [0, 0.1) is 11.8 Å². The maximum atomic E-state index is 11.0. The van der Waals surface area contributed by atoms with Crippen molar-refractivity contribution in [1.82, 2.24) is 10.2 Å². The largest absolute Gasteiger partial charge is 0.369 e. The smallest absolute Gasteiger partial charge is 0.221 e. The summed E-state index contributed by atoms with van der Waals surface area (Å²) in [6.07, 6.45) is 2.57. The number of carbonyl (C=O) groups excluding carboxylic acids is 1. The molecule has 4 heteroatoms. The Morgan fingerprint density at radius 1 is 1.62 bits per heavy atom. The number of piperidine rings is 1. The van der Waals surface area contributed by atoms with E-state index in [-0.39, 0.29) is 11.8 Å². The fraction of sp³-hybridized carbons (Fsp3) is 0.917. The molecule has 16 heavy (non-hydrogen) atoms. The fourth-order valence-electron chi connectivity index (χ4n) is 2.25. The molecule has 0 radical (unpaired) electrons. The molecule has 1 aliphatic rings. The van der Waals surface area contributed by atoms with Crippen molar-refractivity contribution >= 4 is 5.91 Å². The van der Waals surface area contributed by atoms with Crippen molar-refractivity contribution in [3.63, 3.8) is 0 Å². The SMILES string of the molecule is CCN(CC1CCCNC1)CC(C)C(N)=O. The Labute approximate surface area is 98.6 Å². The molecule has 2 atom stereocenters. The summed E-state index contributed by atoms with van der Waals surface area (Å²) in [5.41, 5.74) is 5.29. The summed E-state index contributed by atoms with van der Waals surface area (Å²) in [7, 11) is 0. The fourth-order valence-corrected chi connectivity index (χ4v) is 2.25. The van der Waals surface area contributed by atoms with Gasteiger partial charge < -0.3 is 16.0 Å². The summed E-state index contributed by atoms with van der Waals surface area (Å²) in [6, 6.07) is 0. The monoisotopic (exact) mass is 227 g/mol. The zero-order chi connectivity index (χ0) is 12.0. The average Bonchev–Trinajstić information content (AvgIpc) is 2.29. The van der Waals surface area contributed by atoms with Gasteiger partial charge in [0, 0.05) is 19.0 Å². The van der Waals surface area contributed by atoms with E-state index in [0.717, 1.165) is 38.6 Å². The highest BCUT2D eigenvalue weighted by atomic mass is 16.1. The summed E-state index contributed by atoms with van der Waals surface area (Å²) in [5.74, 6) is 0.491. The molecular weight excluding hydrogens is 202 g/mol. The molecule has 2 unspecified atom stereocenters. The van der Waals surface area contributed by atoms with Crippen molar-refractivity contribution in [1.29, 1.82) is 0 Å². The lowest BCUT2D eigenvalue weighted by atomic mass is 9.98. The van der Waals surface area contributed by atoms with E-state index < -0.39 is 0 Å². The first kappa shape index (κ1) is 13.5. The van der Waals surface area contributed by atoms with Crippen LogP contribution in [0.5, 0.6) is 0 Å². The molecule has 0 aromatic rings. The molecule has 1 rings (SSSR count). The first-order valence-electron chi connectivity index (χ1n) is 6.35. The number of rotatable bonds is 6. The highest BCUT2D eigenvalue weighted by molar-refractivity contribution is 5.76. The maximum absolute atomic E-state index is 11.0. The van der Waals surface area contributed by atoms with Crippen LogP contribution in [0.2, 0.25) is 0 Å². The maximum Gasteiger partial charge on any atom is 0.221 e. The van der Waals surface area contributed by atoms with E-state index in [4.69, 9.17) is 5.73 Å². The van der Waals surface area contributed by atoms with Crippen LogP contribution in [-0.4, -0.2) is 43.5 Å². The Bertz CT molecular complexity index is 214. The summed E-state index contributed by atoms with van der Waals surface area (Å²) in [5, 5.41) is 3.42. The lowest BCUT2D eigenvalue weighted by Gasteiger charge is -2.30. The number of carbonyl (C=O) groups is 1. The van der Waals surface area contributed by atoms with Gasteiger partial charge in [0.25, 0.3) is 0 Å². The average molecular weight is 227 g/mol. The Kier molecular flexibility index (Phi) is 5.77. The summed E-state index contributed by atoms with van der Waals surface area (Å²) >= 11 is 0. The third-order valence-corrected chi connectivity index (χ3v) is 3.38. The normalized spacial score (nSPS) is 23.3. The summed E-state index contributed by atoms with van der Waals surface area (Å²) in [6.45, 7) is 9.19. The van der Waals surface area contributed by atoms with Crippen LogP contribution in [0.4, 0.5) is 0 Å². The number of amides is 1. The quantitative estimate of drug-likeness (QED) is 0.692. The van der Waals surface area contributed by atoms with Crippen LogP contribution in [0.15, 0.2) is 0 Å². The molecule has 4 nitrogen and oxygen atoms in total. The highest BCUT2D eigenvalue weighted by Crippen LogP contribution is 2.12. The predicted octanol–water partition coefficient (Wildman–Crippen LogP) is 0.429. The number of nitrogens with two attached hydrogens (primary N) is 1. The highest BCUT2D eigenvalue weighted by Gasteiger charge is 2.19. The number of nitrogens with one attached hydrogen (secondary N) is 1. The van der Waals surface area contributed by atoms with E-state index in [1.165, 1.54) is 12.8 Å². The van der Waals surface area contributed by atoms with E-state index >= 15 is 0 Å². The van der Waals surface area contributed by atoms with Crippen LogP contribution in [-0.2, 0) is 4.79 Å². The third-order valence-electron chi connectivity index (χ3n) is 3.38. The van der Waals surface area contributed by atoms with Gasteiger partial charge >= 0.3 is 0 Å². The molecule has 94 valence electrons. The van der Waals surface area contributed by atoms with Crippen LogP contribution >= 0.6 is 0 Å². The van der Waals surface area contributed by atoms with E-state index in [2.05, 4.69) is 17.1 Å². The molecule has 0 aromatic heterocycles. The topological polar surface area (TPSA) is 58.4 Å². The van der Waals surface area contributed by atoms with E-state index in [9.17, 15) is 4.79 Å².